The van der Waals surface area contributed by atoms with Gasteiger partial charge in [0.2, 0.25) is 0 Å². The molecule has 1 aliphatic carbocycles. The summed E-state index contributed by atoms with van der Waals surface area (Å²) >= 11 is 0. The minimum absolute atomic E-state index is 0.0133. The van der Waals surface area contributed by atoms with Gasteiger partial charge in [0.05, 0.1) is 5.56 Å². The predicted octanol–water partition coefficient (Wildman–Crippen LogP) is 2.58. The van der Waals surface area contributed by atoms with Gasteiger partial charge in [-0.15, -0.1) is 0 Å². The summed E-state index contributed by atoms with van der Waals surface area (Å²) in [6.07, 6.45) is 4.31. The highest BCUT2D eigenvalue weighted by atomic mass is 19.1. The molecule has 0 radical (unpaired) electrons. The first-order chi connectivity index (χ1) is 7.20. The molecule has 0 saturated heterocycles. The molecule has 3 heteroatoms. The lowest BCUT2D eigenvalue weighted by Gasteiger charge is -2.11. The highest BCUT2D eigenvalue weighted by Gasteiger charge is 2.22. The molecule has 0 unspecified atom stereocenters. The first kappa shape index (κ1) is 10.1. The minimum atomic E-state index is -0.688. The van der Waals surface area contributed by atoms with E-state index in [1.165, 1.54) is 6.07 Å². The van der Waals surface area contributed by atoms with E-state index in [1.54, 1.807) is 12.1 Å². The zero-order chi connectivity index (χ0) is 10.8. The van der Waals surface area contributed by atoms with Crippen LogP contribution in [-0.2, 0) is 0 Å². The quantitative estimate of drug-likeness (QED) is 0.795. The zero-order valence-corrected chi connectivity index (χ0v) is 8.50. The van der Waals surface area contributed by atoms with E-state index in [0.29, 0.717) is 5.56 Å². The number of halogens is 1. The topological polar surface area (TPSA) is 43.1 Å². The van der Waals surface area contributed by atoms with Crippen LogP contribution in [0.4, 0.5) is 4.39 Å². The lowest BCUT2D eigenvalue weighted by atomic mass is 9.95. The van der Waals surface area contributed by atoms with Crippen LogP contribution in [0.25, 0.3) is 0 Å². The van der Waals surface area contributed by atoms with E-state index in [4.69, 9.17) is 5.73 Å². The molecule has 0 aromatic heterocycles. The molecule has 0 bridgehead atoms. The van der Waals surface area contributed by atoms with Crippen LogP contribution in [0.2, 0.25) is 0 Å². The van der Waals surface area contributed by atoms with E-state index in [9.17, 15) is 9.18 Å². The fourth-order valence-electron chi connectivity index (χ4n) is 2.29. The SMILES string of the molecule is NC(=O)c1cccc(C2CCCC2)c1F. The normalized spacial score (nSPS) is 16.9. The second kappa shape index (κ2) is 4.01. The highest BCUT2D eigenvalue weighted by Crippen LogP contribution is 2.35. The van der Waals surface area contributed by atoms with Crippen molar-refractivity contribution in [1.29, 1.82) is 0 Å². The number of carbonyl (C=O) groups excluding carboxylic acids is 1. The Balaban J connectivity index is 2.39. The van der Waals surface area contributed by atoms with Crippen LogP contribution in [0, 0.1) is 5.82 Å². The summed E-state index contributed by atoms with van der Waals surface area (Å²) in [6, 6.07) is 4.91. The summed E-state index contributed by atoms with van der Waals surface area (Å²) in [6.45, 7) is 0. The highest BCUT2D eigenvalue weighted by molar-refractivity contribution is 5.93. The summed E-state index contributed by atoms with van der Waals surface area (Å²) < 4.78 is 13.9. The Morgan fingerprint density at radius 1 is 1.33 bits per heavy atom. The van der Waals surface area contributed by atoms with Crippen molar-refractivity contribution in [2.24, 2.45) is 5.73 Å². The maximum atomic E-state index is 13.9. The Morgan fingerprint density at radius 3 is 2.60 bits per heavy atom. The van der Waals surface area contributed by atoms with Gasteiger partial charge in [0.15, 0.2) is 0 Å². The van der Waals surface area contributed by atoms with E-state index in [-0.39, 0.29) is 11.5 Å². The third kappa shape index (κ3) is 1.87. The number of amides is 1. The van der Waals surface area contributed by atoms with Gasteiger partial charge in [0, 0.05) is 0 Å². The van der Waals surface area contributed by atoms with Gasteiger partial charge in [-0.25, -0.2) is 4.39 Å². The molecule has 1 aromatic rings. The number of primary amides is 1. The van der Waals surface area contributed by atoms with Crippen LogP contribution in [0.3, 0.4) is 0 Å². The average molecular weight is 207 g/mol. The molecule has 1 aliphatic rings. The van der Waals surface area contributed by atoms with Gasteiger partial charge in [-0.1, -0.05) is 25.0 Å². The lowest BCUT2D eigenvalue weighted by Crippen LogP contribution is -2.14. The van der Waals surface area contributed by atoms with Crippen LogP contribution in [0.15, 0.2) is 18.2 Å². The molecule has 0 atom stereocenters. The first-order valence-corrected chi connectivity index (χ1v) is 5.28. The smallest absolute Gasteiger partial charge is 0.251 e. The maximum Gasteiger partial charge on any atom is 0.251 e. The van der Waals surface area contributed by atoms with E-state index < -0.39 is 11.7 Å². The van der Waals surface area contributed by atoms with Crippen molar-refractivity contribution in [1.82, 2.24) is 0 Å². The Kier molecular flexibility index (Phi) is 2.71. The second-order valence-electron chi connectivity index (χ2n) is 4.05. The van der Waals surface area contributed by atoms with Crippen LogP contribution in [0.1, 0.15) is 47.5 Å². The third-order valence-corrected chi connectivity index (χ3v) is 3.09. The predicted molar refractivity (Wildman–Crippen MR) is 56.1 cm³/mol. The molecular formula is C12H14FNO. The molecule has 0 spiro atoms. The largest absolute Gasteiger partial charge is 0.366 e. The first-order valence-electron chi connectivity index (χ1n) is 5.28. The summed E-state index contributed by atoms with van der Waals surface area (Å²) in [4.78, 5) is 11.0. The average Bonchev–Trinajstić information content (AvgIpc) is 2.70. The summed E-state index contributed by atoms with van der Waals surface area (Å²) in [5.74, 6) is -0.839. The Morgan fingerprint density at radius 2 is 2.00 bits per heavy atom. The van der Waals surface area contributed by atoms with Crippen molar-refractivity contribution < 1.29 is 9.18 Å². The van der Waals surface area contributed by atoms with Gasteiger partial charge < -0.3 is 5.73 Å². The Labute approximate surface area is 88.3 Å². The Bertz CT molecular complexity index is 383. The zero-order valence-electron chi connectivity index (χ0n) is 8.50. The van der Waals surface area contributed by atoms with Crippen LogP contribution in [-0.4, -0.2) is 5.91 Å². The second-order valence-corrected chi connectivity index (χ2v) is 4.05. The molecule has 0 heterocycles. The van der Waals surface area contributed by atoms with Crippen molar-refractivity contribution in [2.45, 2.75) is 31.6 Å². The van der Waals surface area contributed by atoms with Crippen molar-refractivity contribution >= 4 is 5.91 Å². The Hall–Kier alpha value is -1.38. The van der Waals surface area contributed by atoms with Crippen molar-refractivity contribution in [3.63, 3.8) is 0 Å². The van der Waals surface area contributed by atoms with Gasteiger partial charge in [-0.05, 0) is 30.4 Å². The summed E-state index contributed by atoms with van der Waals surface area (Å²) in [5, 5.41) is 0. The van der Waals surface area contributed by atoms with Crippen LogP contribution >= 0.6 is 0 Å². The molecule has 2 nitrogen and oxygen atoms in total. The van der Waals surface area contributed by atoms with Gasteiger partial charge in [0.1, 0.15) is 5.82 Å². The van der Waals surface area contributed by atoms with E-state index in [1.807, 2.05) is 0 Å². The van der Waals surface area contributed by atoms with Gasteiger partial charge in [-0.3, -0.25) is 4.79 Å². The summed E-state index contributed by atoms with van der Waals surface area (Å²) in [7, 11) is 0. The molecule has 1 saturated carbocycles. The van der Waals surface area contributed by atoms with E-state index >= 15 is 0 Å². The van der Waals surface area contributed by atoms with Gasteiger partial charge in [0.25, 0.3) is 5.91 Å². The van der Waals surface area contributed by atoms with Gasteiger partial charge >= 0.3 is 0 Å². The molecule has 1 fully saturated rings. The lowest BCUT2D eigenvalue weighted by molar-refractivity contribution is 0.0996. The van der Waals surface area contributed by atoms with Crippen LogP contribution in [0.5, 0.6) is 0 Å². The van der Waals surface area contributed by atoms with Crippen LogP contribution < -0.4 is 5.73 Å². The number of rotatable bonds is 2. The molecular weight excluding hydrogens is 193 g/mol. The number of benzene rings is 1. The van der Waals surface area contributed by atoms with E-state index in [2.05, 4.69) is 0 Å². The fourth-order valence-corrected chi connectivity index (χ4v) is 2.29. The van der Waals surface area contributed by atoms with Gasteiger partial charge in [-0.2, -0.15) is 0 Å². The number of hydrogen-bond acceptors (Lipinski definition) is 1. The third-order valence-electron chi connectivity index (χ3n) is 3.09. The van der Waals surface area contributed by atoms with Crippen molar-refractivity contribution in [3.05, 3.63) is 35.1 Å². The molecule has 1 amide bonds. The van der Waals surface area contributed by atoms with Crippen molar-refractivity contribution in [3.8, 4) is 0 Å². The van der Waals surface area contributed by atoms with Crippen molar-refractivity contribution in [2.75, 3.05) is 0 Å². The molecule has 2 N–H and O–H groups in total. The standard InChI is InChI=1S/C12H14FNO/c13-11-9(8-4-1-2-5-8)6-3-7-10(11)12(14)15/h3,6-8H,1-2,4-5H2,(H2,14,15). The van der Waals surface area contributed by atoms with E-state index in [0.717, 1.165) is 25.7 Å². The number of carbonyl (C=O) groups is 1. The number of hydrogen-bond donors (Lipinski definition) is 1. The molecule has 0 aliphatic heterocycles. The molecule has 15 heavy (non-hydrogen) atoms. The maximum absolute atomic E-state index is 13.9. The molecule has 2 rings (SSSR count). The minimum Gasteiger partial charge on any atom is -0.366 e. The summed E-state index contributed by atoms with van der Waals surface area (Å²) in [5.41, 5.74) is 5.77. The molecule has 1 aromatic carbocycles. The monoisotopic (exact) mass is 207 g/mol. The number of nitrogens with two attached hydrogens (primary N) is 1. The fraction of sp³-hybridized carbons (Fsp3) is 0.417. The molecule has 80 valence electrons.